The zero-order valence-electron chi connectivity index (χ0n) is 12.5. The third-order valence-corrected chi connectivity index (χ3v) is 4.35. The van der Waals surface area contributed by atoms with E-state index in [4.69, 9.17) is 4.52 Å². The highest BCUT2D eigenvalue weighted by atomic mass is 32.2. The number of rotatable bonds is 7. The molecule has 1 atom stereocenters. The van der Waals surface area contributed by atoms with E-state index in [0.717, 1.165) is 24.4 Å². The average Bonchev–Trinajstić information content (AvgIpc) is 3.03. The van der Waals surface area contributed by atoms with Gasteiger partial charge in [-0.25, -0.2) is 4.98 Å². The van der Waals surface area contributed by atoms with Gasteiger partial charge in [-0.2, -0.15) is 0 Å². The second-order valence-corrected chi connectivity index (χ2v) is 6.05. The molecule has 0 aliphatic rings. The summed E-state index contributed by atoms with van der Waals surface area (Å²) in [5.74, 6) is 1.07. The van der Waals surface area contributed by atoms with Gasteiger partial charge in [0.25, 0.3) is 0 Å². The number of hydrogen-bond donors (Lipinski definition) is 1. The monoisotopic (exact) mass is 308 g/mol. The first-order chi connectivity index (χ1) is 10.1. The van der Waals surface area contributed by atoms with Crippen molar-refractivity contribution in [1.29, 1.82) is 0 Å². The zero-order chi connectivity index (χ0) is 15.2. The molecule has 1 N–H and O–H groups in total. The molecule has 0 saturated heterocycles. The predicted molar refractivity (Wildman–Crippen MR) is 82.2 cm³/mol. The van der Waals surface area contributed by atoms with Gasteiger partial charge in [0.15, 0.2) is 11.0 Å². The fraction of sp³-hybridized carbons (Fsp3) is 0.500. The summed E-state index contributed by atoms with van der Waals surface area (Å²) in [5.41, 5.74) is 0. The maximum Gasteiger partial charge on any atom is 0.239 e. The van der Waals surface area contributed by atoms with Crippen LogP contribution in [-0.2, 0) is 11.8 Å². The molecular formula is C14H20N4O2S. The number of unbranched alkanes of at least 4 members (excludes halogenated alkanes) is 1. The summed E-state index contributed by atoms with van der Waals surface area (Å²) >= 11 is 1.48. The van der Waals surface area contributed by atoms with Crippen molar-refractivity contribution in [2.45, 2.75) is 43.5 Å². The van der Waals surface area contributed by atoms with Crippen LogP contribution in [0.25, 0.3) is 0 Å². The number of anilines is 1. The van der Waals surface area contributed by atoms with Crippen LogP contribution in [0, 0.1) is 6.92 Å². The van der Waals surface area contributed by atoms with Gasteiger partial charge in [-0.1, -0.05) is 36.7 Å². The molecule has 0 fully saturated rings. The normalized spacial score (nSPS) is 12.3. The Morgan fingerprint density at radius 3 is 2.95 bits per heavy atom. The summed E-state index contributed by atoms with van der Waals surface area (Å²) in [5, 5.41) is 7.24. The van der Waals surface area contributed by atoms with Gasteiger partial charge >= 0.3 is 0 Å². The minimum Gasteiger partial charge on any atom is -0.360 e. The molecule has 6 nitrogen and oxygen atoms in total. The molecule has 0 spiro atoms. The van der Waals surface area contributed by atoms with Crippen LogP contribution in [0.5, 0.6) is 0 Å². The summed E-state index contributed by atoms with van der Waals surface area (Å²) in [6.45, 7) is 3.90. The molecule has 2 aromatic rings. The quantitative estimate of drug-likeness (QED) is 0.796. The first kappa shape index (κ1) is 15.6. The first-order valence-corrected chi connectivity index (χ1v) is 7.86. The SMILES string of the molecule is CCCCC(Sc1nccn1C)C(=O)Nc1cc(C)on1. The van der Waals surface area contributed by atoms with Crippen molar-refractivity contribution < 1.29 is 9.32 Å². The lowest BCUT2D eigenvalue weighted by atomic mass is 10.2. The Balaban J connectivity index is 2.03. The van der Waals surface area contributed by atoms with Crippen molar-refractivity contribution in [3.63, 3.8) is 0 Å². The number of aryl methyl sites for hydroxylation is 2. The third kappa shape index (κ3) is 4.35. The molecule has 0 aliphatic carbocycles. The van der Waals surface area contributed by atoms with E-state index in [1.165, 1.54) is 11.8 Å². The van der Waals surface area contributed by atoms with Crippen molar-refractivity contribution in [1.82, 2.24) is 14.7 Å². The van der Waals surface area contributed by atoms with E-state index in [2.05, 4.69) is 22.4 Å². The van der Waals surface area contributed by atoms with Crippen LogP contribution in [0.15, 0.2) is 28.1 Å². The largest absolute Gasteiger partial charge is 0.360 e. The van der Waals surface area contributed by atoms with Crippen LogP contribution in [0.2, 0.25) is 0 Å². The third-order valence-electron chi connectivity index (χ3n) is 3.02. The average molecular weight is 308 g/mol. The van der Waals surface area contributed by atoms with E-state index in [1.54, 1.807) is 19.2 Å². The van der Waals surface area contributed by atoms with E-state index in [1.807, 2.05) is 17.8 Å². The van der Waals surface area contributed by atoms with Gasteiger partial charge in [0, 0.05) is 25.5 Å². The van der Waals surface area contributed by atoms with Crippen molar-refractivity contribution in [3.8, 4) is 0 Å². The maximum absolute atomic E-state index is 12.4. The molecule has 2 rings (SSSR count). The van der Waals surface area contributed by atoms with Crippen LogP contribution in [-0.4, -0.2) is 25.9 Å². The predicted octanol–water partition coefficient (Wildman–Crippen LogP) is 3.01. The molecule has 21 heavy (non-hydrogen) atoms. The lowest BCUT2D eigenvalue weighted by molar-refractivity contribution is -0.115. The Bertz CT molecular complexity index is 593. The highest BCUT2D eigenvalue weighted by Crippen LogP contribution is 2.26. The molecular weight excluding hydrogens is 288 g/mol. The van der Waals surface area contributed by atoms with E-state index in [-0.39, 0.29) is 11.2 Å². The zero-order valence-corrected chi connectivity index (χ0v) is 13.3. The number of hydrogen-bond acceptors (Lipinski definition) is 5. The molecule has 0 saturated carbocycles. The summed E-state index contributed by atoms with van der Waals surface area (Å²) < 4.78 is 6.88. The molecule has 1 amide bonds. The molecule has 0 radical (unpaired) electrons. The van der Waals surface area contributed by atoms with Crippen LogP contribution >= 0.6 is 11.8 Å². The highest BCUT2D eigenvalue weighted by Gasteiger charge is 2.22. The molecule has 0 bridgehead atoms. The van der Waals surface area contributed by atoms with E-state index >= 15 is 0 Å². The second-order valence-electron chi connectivity index (χ2n) is 4.88. The lowest BCUT2D eigenvalue weighted by Crippen LogP contribution is -2.25. The van der Waals surface area contributed by atoms with Gasteiger partial charge in [-0.15, -0.1) is 0 Å². The first-order valence-electron chi connectivity index (χ1n) is 6.98. The number of nitrogens with zero attached hydrogens (tertiary/aromatic N) is 3. The maximum atomic E-state index is 12.4. The van der Waals surface area contributed by atoms with E-state index < -0.39 is 0 Å². The molecule has 2 aromatic heterocycles. The molecule has 1 unspecified atom stereocenters. The highest BCUT2D eigenvalue weighted by molar-refractivity contribution is 8.00. The molecule has 2 heterocycles. The lowest BCUT2D eigenvalue weighted by Gasteiger charge is -2.14. The van der Waals surface area contributed by atoms with Gasteiger partial charge in [0.1, 0.15) is 5.76 Å². The molecule has 7 heteroatoms. The number of nitrogens with one attached hydrogen (secondary N) is 1. The Labute approximate surface area is 128 Å². The van der Waals surface area contributed by atoms with Gasteiger partial charge in [0.2, 0.25) is 5.91 Å². The number of aromatic nitrogens is 3. The van der Waals surface area contributed by atoms with E-state index in [9.17, 15) is 4.79 Å². The van der Waals surface area contributed by atoms with Crippen LogP contribution in [0.1, 0.15) is 31.9 Å². The van der Waals surface area contributed by atoms with Crippen LogP contribution < -0.4 is 5.32 Å². The van der Waals surface area contributed by atoms with Gasteiger partial charge in [0.05, 0.1) is 5.25 Å². The van der Waals surface area contributed by atoms with Gasteiger partial charge < -0.3 is 14.4 Å². The smallest absolute Gasteiger partial charge is 0.239 e. The Morgan fingerprint density at radius 2 is 2.38 bits per heavy atom. The number of imidazole rings is 1. The fourth-order valence-corrected chi connectivity index (χ4v) is 2.91. The number of amides is 1. The molecule has 0 aliphatic heterocycles. The summed E-state index contributed by atoms with van der Waals surface area (Å²) in [6, 6.07) is 1.71. The molecule has 114 valence electrons. The second kappa shape index (κ2) is 7.31. The van der Waals surface area contributed by atoms with Gasteiger partial charge in [-0.3, -0.25) is 4.79 Å². The summed E-state index contributed by atoms with van der Waals surface area (Å²) in [7, 11) is 1.92. The Kier molecular flexibility index (Phi) is 5.44. The number of carbonyl (C=O) groups excluding carboxylic acids is 1. The number of thioether (sulfide) groups is 1. The molecule has 0 aromatic carbocycles. The Morgan fingerprint density at radius 1 is 1.57 bits per heavy atom. The van der Waals surface area contributed by atoms with Gasteiger partial charge in [-0.05, 0) is 13.3 Å². The standard InChI is InChI=1S/C14H20N4O2S/c1-4-5-6-11(21-14-15-7-8-18(14)3)13(19)16-12-9-10(2)20-17-12/h7-9,11H,4-6H2,1-3H3,(H,16,17,19). The summed E-state index contributed by atoms with van der Waals surface area (Å²) in [4.78, 5) is 16.7. The Hall–Kier alpha value is -1.76. The topological polar surface area (TPSA) is 73.0 Å². The minimum atomic E-state index is -0.192. The van der Waals surface area contributed by atoms with E-state index in [0.29, 0.717) is 11.6 Å². The minimum absolute atomic E-state index is 0.0650. The summed E-state index contributed by atoms with van der Waals surface area (Å²) in [6.07, 6.45) is 6.45. The van der Waals surface area contributed by atoms with Crippen LogP contribution in [0.3, 0.4) is 0 Å². The van der Waals surface area contributed by atoms with Crippen molar-refractivity contribution in [2.24, 2.45) is 7.05 Å². The van der Waals surface area contributed by atoms with Crippen molar-refractivity contribution >= 4 is 23.5 Å². The van der Waals surface area contributed by atoms with Crippen LogP contribution in [0.4, 0.5) is 5.82 Å². The fourth-order valence-electron chi connectivity index (χ4n) is 1.86. The van der Waals surface area contributed by atoms with Crippen molar-refractivity contribution in [2.75, 3.05) is 5.32 Å². The van der Waals surface area contributed by atoms with Crippen molar-refractivity contribution in [3.05, 3.63) is 24.2 Å². The number of carbonyl (C=O) groups is 1.